The van der Waals surface area contributed by atoms with E-state index in [-0.39, 0.29) is 6.04 Å². The summed E-state index contributed by atoms with van der Waals surface area (Å²) < 4.78 is 0. The number of hydrogen-bond acceptors (Lipinski definition) is 7. The molecule has 2 N–H and O–H groups in total. The highest BCUT2D eigenvalue weighted by molar-refractivity contribution is 5.37. The number of anilines is 2. The van der Waals surface area contributed by atoms with Gasteiger partial charge in [0.1, 0.15) is 6.33 Å². The standard InChI is InChI=1S/C15H21N7/c1-11-3-4-13(17-9-11)12(2)20-14-18-10-19-15(21-14)22-7-5-16-6-8-22/h3-4,9-10,12,16H,5-8H2,1-2H3,(H,18,19,20,21). The van der Waals surface area contributed by atoms with Crippen molar-refractivity contribution in [2.24, 2.45) is 0 Å². The van der Waals surface area contributed by atoms with Crippen LogP contribution in [0, 0.1) is 6.92 Å². The lowest BCUT2D eigenvalue weighted by Crippen LogP contribution is -2.44. The van der Waals surface area contributed by atoms with E-state index in [1.807, 2.05) is 26.1 Å². The lowest BCUT2D eigenvalue weighted by molar-refractivity contribution is 0.579. The Morgan fingerprint density at radius 2 is 2.00 bits per heavy atom. The summed E-state index contributed by atoms with van der Waals surface area (Å²) in [4.78, 5) is 19.6. The first kappa shape index (κ1) is 14.6. The zero-order valence-corrected chi connectivity index (χ0v) is 13.0. The summed E-state index contributed by atoms with van der Waals surface area (Å²) in [6.07, 6.45) is 3.43. The number of pyridine rings is 1. The fraction of sp³-hybridized carbons (Fsp3) is 0.467. The Hall–Kier alpha value is -2.28. The molecule has 0 radical (unpaired) electrons. The number of aromatic nitrogens is 4. The normalized spacial score (nSPS) is 16.4. The van der Waals surface area contributed by atoms with Crippen LogP contribution < -0.4 is 15.5 Å². The fourth-order valence-corrected chi connectivity index (χ4v) is 2.38. The minimum absolute atomic E-state index is 0.0406. The largest absolute Gasteiger partial charge is 0.346 e. The number of hydrogen-bond donors (Lipinski definition) is 2. The molecule has 3 rings (SSSR count). The van der Waals surface area contributed by atoms with Gasteiger partial charge in [0.2, 0.25) is 11.9 Å². The summed E-state index contributed by atoms with van der Waals surface area (Å²) in [7, 11) is 0. The van der Waals surface area contributed by atoms with Gasteiger partial charge in [-0.15, -0.1) is 0 Å². The SMILES string of the molecule is Cc1ccc(C(C)Nc2ncnc(N3CCNCC3)n2)nc1. The summed E-state index contributed by atoms with van der Waals surface area (Å²) in [6.45, 7) is 7.82. The highest BCUT2D eigenvalue weighted by Crippen LogP contribution is 2.16. The molecule has 2 aromatic heterocycles. The second-order valence-corrected chi connectivity index (χ2v) is 5.47. The number of aryl methyl sites for hydroxylation is 1. The van der Waals surface area contributed by atoms with E-state index >= 15 is 0 Å². The van der Waals surface area contributed by atoms with Gasteiger partial charge < -0.3 is 15.5 Å². The van der Waals surface area contributed by atoms with Crippen molar-refractivity contribution in [2.75, 3.05) is 36.4 Å². The van der Waals surface area contributed by atoms with Gasteiger partial charge in [-0.2, -0.15) is 4.98 Å². The van der Waals surface area contributed by atoms with Gasteiger partial charge in [0.25, 0.3) is 0 Å². The zero-order valence-electron chi connectivity index (χ0n) is 13.0. The number of nitrogens with zero attached hydrogens (tertiary/aromatic N) is 5. The van der Waals surface area contributed by atoms with Crippen LogP contribution in [0.1, 0.15) is 24.2 Å². The second-order valence-electron chi connectivity index (χ2n) is 5.47. The summed E-state index contributed by atoms with van der Waals surface area (Å²) in [5.41, 5.74) is 2.12. The molecule has 1 atom stereocenters. The van der Waals surface area contributed by atoms with Gasteiger partial charge in [0.05, 0.1) is 11.7 Å². The van der Waals surface area contributed by atoms with Gasteiger partial charge in [-0.25, -0.2) is 9.97 Å². The highest BCUT2D eigenvalue weighted by Gasteiger charge is 2.15. The van der Waals surface area contributed by atoms with E-state index in [0.29, 0.717) is 5.95 Å². The van der Waals surface area contributed by atoms with Gasteiger partial charge in [0.15, 0.2) is 0 Å². The Labute approximate surface area is 130 Å². The third-order valence-electron chi connectivity index (χ3n) is 3.68. The average Bonchev–Trinajstić information content (AvgIpc) is 2.56. The van der Waals surface area contributed by atoms with Crippen molar-refractivity contribution in [3.63, 3.8) is 0 Å². The van der Waals surface area contributed by atoms with Crippen LogP contribution >= 0.6 is 0 Å². The van der Waals surface area contributed by atoms with E-state index in [4.69, 9.17) is 0 Å². The quantitative estimate of drug-likeness (QED) is 0.877. The molecule has 0 aliphatic carbocycles. The first-order chi connectivity index (χ1) is 10.7. The molecule has 7 heteroatoms. The maximum absolute atomic E-state index is 4.52. The molecular formula is C15H21N7. The Morgan fingerprint density at radius 1 is 1.18 bits per heavy atom. The van der Waals surface area contributed by atoms with Crippen molar-refractivity contribution < 1.29 is 0 Å². The molecule has 0 amide bonds. The lowest BCUT2D eigenvalue weighted by Gasteiger charge is -2.27. The van der Waals surface area contributed by atoms with E-state index in [1.54, 1.807) is 6.33 Å². The minimum atomic E-state index is 0.0406. The summed E-state index contributed by atoms with van der Waals surface area (Å²) >= 11 is 0. The van der Waals surface area contributed by atoms with Crippen molar-refractivity contribution in [1.82, 2.24) is 25.3 Å². The number of rotatable bonds is 4. The molecule has 1 unspecified atom stereocenters. The van der Waals surface area contributed by atoms with Gasteiger partial charge >= 0.3 is 0 Å². The van der Waals surface area contributed by atoms with Gasteiger partial charge in [-0.05, 0) is 25.5 Å². The van der Waals surface area contributed by atoms with Crippen molar-refractivity contribution >= 4 is 11.9 Å². The zero-order chi connectivity index (χ0) is 15.4. The van der Waals surface area contributed by atoms with Crippen molar-refractivity contribution in [1.29, 1.82) is 0 Å². The van der Waals surface area contributed by atoms with Crippen LogP contribution in [0.25, 0.3) is 0 Å². The Kier molecular flexibility index (Phi) is 4.43. The molecule has 0 aromatic carbocycles. The first-order valence-electron chi connectivity index (χ1n) is 7.56. The van der Waals surface area contributed by atoms with Crippen LogP contribution in [0.2, 0.25) is 0 Å². The molecule has 116 valence electrons. The van der Waals surface area contributed by atoms with E-state index in [9.17, 15) is 0 Å². The van der Waals surface area contributed by atoms with Crippen LogP contribution in [-0.2, 0) is 0 Å². The van der Waals surface area contributed by atoms with Gasteiger partial charge in [-0.1, -0.05) is 6.07 Å². The molecule has 1 aliphatic rings. The van der Waals surface area contributed by atoms with Crippen molar-refractivity contribution in [3.8, 4) is 0 Å². The molecular weight excluding hydrogens is 278 g/mol. The molecule has 0 bridgehead atoms. The molecule has 1 fully saturated rings. The van der Waals surface area contributed by atoms with Gasteiger partial charge in [0, 0.05) is 32.4 Å². The molecule has 0 spiro atoms. The van der Waals surface area contributed by atoms with Crippen LogP contribution in [0.4, 0.5) is 11.9 Å². The van der Waals surface area contributed by atoms with E-state index in [1.165, 1.54) is 0 Å². The van der Waals surface area contributed by atoms with Crippen LogP contribution in [-0.4, -0.2) is 46.1 Å². The third kappa shape index (κ3) is 3.48. The molecule has 22 heavy (non-hydrogen) atoms. The first-order valence-corrected chi connectivity index (χ1v) is 7.56. The highest BCUT2D eigenvalue weighted by atomic mass is 15.3. The van der Waals surface area contributed by atoms with Gasteiger partial charge in [-0.3, -0.25) is 4.98 Å². The average molecular weight is 299 g/mol. The smallest absolute Gasteiger partial charge is 0.230 e. The topological polar surface area (TPSA) is 78.9 Å². The summed E-state index contributed by atoms with van der Waals surface area (Å²) in [5, 5.41) is 6.61. The Bertz CT molecular complexity index is 608. The molecule has 7 nitrogen and oxygen atoms in total. The predicted molar refractivity (Wildman–Crippen MR) is 85.9 cm³/mol. The summed E-state index contributed by atoms with van der Waals surface area (Å²) in [5.74, 6) is 1.31. The van der Waals surface area contributed by atoms with Crippen LogP contribution in [0.3, 0.4) is 0 Å². The predicted octanol–water partition coefficient (Wildman–Crippen LogP) is 1.16. The Morgan fingerprint density at radius 3 is 2.73 bits per heavy atom. The van der Waals surface area contributed by atoms with E-state index < -0.39 is 0 Å². The monoisotopic (exact) mass is 299 g/mol. The van der Waals surface area contributed by atoms with Crippen molar-refractivity contribution in [3.05, 3.63) is 35.9 Å². The number of nitrogens with one attached hydrogen (secondary N) is 2. The second kappa shape index (κ2) is 6.65. The van der Waals surface area contributed by atoms with E-state index in [2.05, 4.69) is 41.5 Å². The van der Waals surface area contributed by atoms with Crippen LogP contribution in [0.5, 0.6) is 0 Å². The summed E-state index contributed by atoms with van der Waals surface area (Å²) in [6, 6.07) is 4.12. The molecule has 0 saturated carbocycles. The van der Waals surface area contributed by atoms with Crippen LogP contribution in [0.15, 0.2) is 24.7 Å². The molecule has 2 aromatic rings. The Balaban J connectivity index is 1.70. The lowest BCUT2D eigenvalue weighted by atomic mass is 10.2. The minimum Gasteiger partial charge on any atom is -0.346 e. The molecule has 3 heterocycles. The molecule has 1 aliphatic heterocycles. The maximum atomic E-state index is 4.52. The van der Waals surface area contributed by atoms with E-state index in [0.717, 1.165) is 43.4 Å². The maximum Gasteiger partial charge on any atom is 0.230 e. The fourth-order valence-electron chi connectivity index (χ4n) is 2.38. The third-order valence-corrected chi connectivity index (χ3v) is 3.68. The molecule has 1 saturated heterocycles. The van der Waals surface area contributed by atoms with Crippen molar-refractivity contribution in [2.45, 2.75) is 19.9 Å². The number of piperazine rings is 1.